The zero-order chi connectivity index (χ0) is 18.5. The standard InChI is InChI=1S/C22H26N4O/c27-22(26-21(11-12-23-26)20-9-5-2-6-10-20)18-25-15-13-24(14-16-25)17-19-7-3-1-4-8-19/h1-10,12,21H,11,13-18H2/p+2/t21-/m1/s1. The van der Waals surface area contributed by atoms with E-state index < -0.39 is 0 Å². The number of quaternary nitrogens is 2. The summed E-state index contributed by atoms with van der Waals surface area (Å²) < 4.78 is 0. The lowest BCUT2D eigenvalue weighted by atomic mass is 10.0. The summed E-state index contributed by atoms with van der Waals surface area (Å²) in [5.41, 5.74) is 2.56. The van der Waals surface area contributed by atoms with Gasteiger partial charge in [-0.3, -0.25) is 4.79 Å². The highest BCUT2D eigenvalue weighted by Gasteiger charge is 2.32. The normalized spacial score (nSPS) is 24.9. The lowest BCUT2D eigenvalue weighted by Crippen LogP contribution is -3.28. The van der Waals surface area contributed by atoms with Gasteiger partial charge in [0.15, 0.2) is 6.54 Å². The predicted octanol–water partition coefficient (Wildman–Crippen LogP) is -0.0706. The van der Waals surface area contributed by atoms with Crippen LogP contribution in [0.15, 0.2) is 65.8 Å². The molecule has 0 unspecified atom stereocenters. The molecule has 0 spiro atoms. The molecule has 0 saturated carbocycles. The van der Waals surface area contributed by atoms with Gasteiger partial charge in [-0.1, -0.05) is 60.7 Å². The zero-order valence-corrected chi connectivity index (χ0v) is 15.7. The molecule has 5 nitrogen and oxygen atoms in total. The molecule has 1 fully saturated rings. The molecule has 2 N–H and O–H groups in total. The number of nitrogens with zero attached hydrogens (tertiary/aromatic N) is 2. The number of hydrogen-bond acceptors (Lipinski definition) is 2. The van der Waals surface area contributed by atoms with Crippen molar-refractivity contribution in [1.29, 1.82) is 0 Å². The van der Waals surface area contributed by atoms with E-state index >= 15 is 0 Å². The highest BCUT2D eigenvalue weighted by Crippen LogP contribution is 2.27. The second-order valence-corrected chi connectivity index (χ2v) is 7.54. The van der Waals surface area contributed by atoms with Gasteiger partial charge >= 0.3 is 0 Å². The van der Waals surface area contributed by atoms with Crippen LogP contribution in [0, 0.1) is 0 Å². The molecule has 1 atom stereocenters. The Labute approximate surface area is 160 Å². The van der Waals surface area contributed by atoms with Crippen molar-refractivity contribution in [1.82, 2.24) is 5.01 Å². The second-order valence-electron chi connectivity index (χ2n) is 7.54. The molecule has 2 aliphatic rings. The van der Waals surface area contributed by atoms with E-state index in [1.165, 1.54) is 10.5 Å². The third-order valence-corrected chi connectivity index (χ3v) is 5.63. The molecule has 27 heavy (non-hydrogen) atoms. The van der Waals surface area contributed by atoms with Crippen LogP contribution >= 0.6 is 0 Å². The smallest absolute Gasteiger partial charge is 0.298 e. The molecule has 140 valence electrons. The number of rotatable bonds is 5. The fourth-order valence-electron chi connectivity index (χ4n) is 4.10. The lowest BCUT2D eigenvalue weighted by molar-refractivity contribution is -1.02. The van der Waals surface area contributed by atoms with E-state index in [9.17, 15) is 4.79 Å². The Bertz CT molecular complexity index is 769. The Kier molecular flexibility index (Phi) is 5.61. The molecule has 0 aliphatic carbocycles. The average Bonchev–Trinajstić information content (AvgIpc) is 3.21. The summed E-state index contributed by atoms with van der Waals surface area (Å²) in [6, 6.07) is 21.0. The first-order chi connectivity index (χ1) is 13.3. The van der Waals surface area contributed by atoms with Crippen molar-refractivity contribution in [3.05, 3.63) is 71.8 Å². The van der Waals surface area contributed by atoms with Gasteiger partial charge in [0.2, 0.25) is 0 Å². The Hall–Kier alpha value is -2.50. The van der Waals surface area contributed by atoms with Gasteiger partial charge in [-0.25, -0.2) is 5.01 Å². The van der Waals surface area contributed by atoms with Crippen molar-refractivity contribution in [3.63, 3.8) is 0 Å². The van der Waals surface area contributed by atoms with E-state index in [1.807, 2.05) is 24.4 Å². The van der Waals surface area contributed by atoms with Crippen molar-refractivity contribution in [3.8, 4) is 0 Å². The Morgan fingerprint density at radius 3 is 2.26 bits per heavy atom. The number of hydrazone groups is 1. The average molecular weight is 364 g/mol. The summed E-state index contributed by atoms with van der Waals surface area (Å²) in [6.45, 7) is 5.93. The van der Waals surface area contributed by atoms with Crippen LogP contribution in [0.3, 0.4) is 0 Å². The first-order valence-electron chi connectivity index (χ1n) is 9.90. The topological polar surface area (TPSA) is 41.6 Å². The quantitative estimate of drug-likeness (QED) is 0.766. The van der Waals surface area contributed by atoms with Crippen LogP contribution in [-0.4, -0.2) is 49.9 Å². The minimum atomic E-state index is 0.0584. The van der Waals surface area contributed by atoms with E-state index in [4.69, 9.17) is 0 Å². The molecule has 0 radical (unpaired) electrons. The van der Waals surface area contributed by atoms with Crippen LogP contribution < -0.4 is 9.80 Å². The molecule has 0 bridgehead atoms. The van der Waals surface area contributed by atoms with E-state index in [0.717, 1.165) is 44.7 Å². The first kappa shape index (κ1) is 17.9. The largest absolute Gasteiger partial charge is 0.322 e. The summed E-state index contributed by atoms with van der Waals surface area (Å²) in [5.74, 6) is 0.138. The number of carbonyl (C=O) groups is 1. The van der Waals surface area contributed by atoms with Gasteiger partial charge in [-0.2, -0.15) is 5.10 Å². The first-order valence-corrected chi connectivity index (χ1v) is 9.90. The minimum Gasteiger partial charge on any atom is -0.322 e. The number of benzene rings is 2. The summed E-state index contributed by atoms with van der Waals surface area (Å²) in [7, 11) is 0. The minimum absolute atomic E-state index is 0.0584. The number of amides is 1. The number of nitrogens with one attached hydrogen (secondary N) is 2. The van der Waals surface area contributed by atoms with Crippen LogP contribution in [0.25, 0.3) is 0 Å². The van der Waals surface area contributed by atoms with Crippen LogP contribution in [-0.2, 0) is 11.3 Å². The van der Waals surface area contributed by atoms with Gasteiger partial charge in [0.1, 0.15) is 32.7 Å². The molecule has 2 aliphatic heterocycles. The molecule has 5 heteroatoms. The SMILES string of the molecule is O=C(C[NH+]1CC[NH+](Cc2ccccc2)CC1)N1N=CC[C@@H]1c1ccccc1. The van der Waals surface area contributed by atoms with Crippen molar-refractivity contribution in [2.45, 2.75) is 19.0 Å². The lowest BCUT2D eigenvalue weighted by Gasteiger charge is -2.30. The molecule has 0 aromatic heterocycles. The Morgan fingerprint density at radius 2 is 1.56 bits per heavy atom. The molecule has 2 aromatic carbocycles. The van der Waals surface area contributed by atoms with Gasteiger partial charge in [0.25, 0.3) is 5.91 Å². The van der Waals surface area contributed by atoms with Crippen LogP contribution in [0.1, 0.15) is 23.6 Å². The van der Waals surface area contributed by atoms with Gasteiger partial charge in [0, 0.05) is 18.2 Å². The van der Waals surface area contributed by atoms with Gasteiger partial charge in [-0.15, -0.1) is 0 Å². The van der Waals surface area contributed by atoms with E-state index in [-0.39, 0.29) is 11.9 Å². The second kappa shape index (κ2) is 8.46. The molecule has 4 rings (SSSR count). The summed E-state index contributed by atoms with van der Waals surface area (Å²) >= 11 is 0. The summed E-state index contributed by atoms with van der Waals surface area (Å²) in [5, 5.41) is 6.07. The monoisotopic (exact) mass is 364 g/mol. The molecule has 2 aromatic rings. The fraction of sp³-hybridized carbons (Fsp3) is 0.364. The maximum Gasteiger partial charge on any atom is 0.298 e. The zero-order valence-electron chi connectivity index (χ0n) is 15.7. The third-order valence-electron chi connectivity index (χ3n) is 5.63. The molecule has 2 heterocycles. The van der Waals surface area contributed by atoms with E-state index in [1.54, 1.807) is 9.91 Å². The molecule has 1 amide bonds. The number of hydrogen-bond donors (Lipinski definition) is 2. The number of piperazine rings is 1. The van der Waals surface area contributed by atoms with E-state index in [0.29, 0.717) is 6.54 Å². The van der Waals surface area contributed by atoms with Crippen LogP contribution in [0.5, 0.6) is 0 Å². The van der Waals surface area contributed by atoms with E-state index in [2.05, 4.69) is 47.6 Å². The van der Waals surface area contributed by atoms with Crippen molar-refractivity contribution >= 4 is 12.1 Å². The highest BCUT2D eigenvalue weighted by molar-refractivity contribution is 5.80. The van der Waals surface area contributed by atoms with Gasteiger partial charge in [-0.05, 0) is 5.56 Å². The Morgan fingerprint density at radius 1 is 0.926 bits per heavy atom. The Balaban J connectivity index is 1.28. The van der Waals surface area contributed by atoms with Gasteiger partial charge in [0.05, 0.1) is 6.04 Å². The third kappa shape index (κ3) is 4.43. The predicted molar refractivity (Wildman–Crippen MR) is 106 cm³/mol. The summed E-state index contributed by atoms with van der Waals surface area (Å²) in [6.07, 6.45) is 2.67. The number of carbonyl (C=O) groups excluding carboxylic acids is 1. The molecule has 1 saturated heterocycles. The summed E-state index contributed by atoms with van der Waals surface area (Å²) in [4.78, 5) is 15.8. The van der Waals surface area contributed by atoms with Crippen molar-refractivity contribution < 1.29 is 14.6 Å². The van der Waals surface area contributed by atoms with Crippen LogP contribution in [0.2, 0.25) is 0 Å². The fourth-order valence-corrected chi connectivity index (χ4v) is 4.10. The van der Waals surface area contributed by atoms with Crippen molar-refractivity contribution in [2.75, 3.05) is 32.7 Å². The van der Waals surface area contributed by atoms with Gasteiger partial charge < -0.3 is 9.80 Å². The van der Waals surface area contributed by atoms with Crippen LogP contribution in [0.4, 0.5) is 0 Å². The maximum absolute atomic E-state index is 12.9. The molecular weight excluding hydrogens is 336 g/mol. The molecular formula is C22H28N4O+2. The van der Waals surface area contributed by atoms with Crippen molar-refractivity contribution in [2.24, 2.45) is 5.10 Å². The maximum atomic E-state index is 12.9. The highest BCUT2D eigenvalue weighted by atomic mass is 16.2.